The van der Waals surface area contributed by atoms with E-state index in [1.54, 1.807) is 4.80 Å². The molecule has 0 aliphatic carbocycles. The molecule has 1 unspecified atom stereocenters. The third-order valence-corrected chi connectivity index (χ3v) is 3.66. The van der Waals surface area contributed by atoms with Crippen LogP contribution in [0.25, 0.3) is 5.69 Å². The average Bonchev–Trinajstić information content (AvgIpc) is 2.89. The van der Waals surface area contributed by atoms with Crippen LogP contribution in [0.4, 0.5) is 0 Å². The summed E-state index contributed by atoms with van der Waals surface area (Å²) in [5.41, 5.74) is 3.43. The van der Waals surface area contributed by atoms with Gasteiger partial charge in [-0.15, -0.1) is 15.0 Å². The van der Waals surface area contributed by atoms with Crippen LogP contribution in [0.1, 0.15) is 35.7 Å². The molecule has 1 saturated heterocycles. The van der Waals surface area contributed by atoms with Crippen LogP contribution in [0.15, 0.2) is 18.2 Å². The molecule has 0 radical (unpaired) electrons. The molecule has 0 bridgehead atoms. The summed E-state index contributed by atoms with van der Waals surface area (Å²) in [7, 11) is 0. The van der Waals surface area contributed by atoms with E-state index in [1.807, 2.05) is 0 Å². The van der Waals surface area contributed by atoms with Crippen molar-refractivity contribution in [3.63, 3.8) is 0 Å². The van der Waals surface area contributed by atoms with Gasteiger partial charge in [0, 0.05) is 12.5 Å². The number of piperidine rings is 1. The second-order valence-corrected chi connectivity index (χ2v) is 5.27. The zero-order chi connectivity index (χ0) is 13.2. The second kappa shape index (κ2) is 5.09. The van der Waals surface area contributed by atoms with Crippen LogP contribution in [-0.2, 0) is 0 Å². The smallest absolute Gasteiger partial charge is 0.179 e. The number of nitrogens with zero attached hydrogens (tertiary/aromatic N) is 4. The van der Waals surface area contributed by atoms with E-state index < -0.39 is 0 Å². The SMILES string of the molecule is Cc1ccc(-n2nnc(C3CCCNC3)n2)c(C)c1. The van der Waals surface area contributed by atoms with Gasteiger partial charge in [-0.3, -0.25) is 0 Å². The Morgan fingerprint density at radius 2 is 2.21 bits per heavy atom. The van der Waals surface area contributed by atoms with Crippen molar-refractivity contribution in [3.05, 3.63) is 35.2 Å². The van der Waals surface area contributed by atoms with Crippen molar-refractivity contribution in [2.24, 2.45) is 0 Å². The van der Waals surface area contributed by atoms with Crippen molar-refractivity contribution in [2.75, 3.05) is 13.1 Å². The van der Waals surface area contributed by atoms with Gasteiger partial charge in [-0.05, 0) is 50.1 Å². The number of benzene rings is 1. The van der Waals surface area contributed by atoms with Crippen LogP contribution in [0.2, 0.25) is 0 Å². The molecule has 1 fully saturated rings. The van der Waals surface area contributed by atoms with Crippen LogP contribution in [0.3, 0.4) is 0 Å². The summed E-state index contributed by atoms with van der Waals surface area (Å²) in [6.07, 6.45) is 2.33. The van der Waals surface area contributed by atoms with Gasteiger partial charge >= 0.3 is 0 Å². The zero-order valence-electron chi connectivity index (χ0n) is 11.4. The predicted molar refractivity (Wildman–Crippen MR) is 73.5 cm³/mol. The number of aryl methyl sites for hydroxylation is 2. The monoisotopic (exact) mass is 257 g/mol. The molecule has 3 rings (SSSR count). The van der Waals surface area contributed by atoms with Crippen LogP contribution in [0.5, 0.6) is 0 Å². The standard InChI is InChI=1S/C14H19N5/c1-10-5-6-13(11(2)8-10)19-17-14(16-18-19)12-4-3-7-15-9-12/h5-6,8,12,15H,3-4,7,9H2,1-2H3. The first-order valence-corrected chi connectivity index (χ1v) is 6.82. The van der Waals surface area contributed by atoms with Gasteiger partial charge in [-0.2, -0.15) is 0 Å². The first-order chi connectivity index (χ1) is 9.24. The highest BCUT2D eigenvalue weighted by atomic mass is 15.6. The van der Waals surface area contributed by atoms with Gasteiger partial charge in [0.25, 0.3) is 0 Å². The van der Waals surface area contributed by atoms with Crippen molar-refractivity contribution in [1.82, 2.24) is 25.5 Å². The Morgan fingerprint density at radius 3 is 2.95 bits per heavy atom. The number of hydrogen-bond donors (Lipinski definition) is 1. The van der Waals surface area contributed by atoms with Crippen molar-refractivity contribution < 1.29 is 0 Å². The largest absolute Gasteiger partial charge is 0.316 e. The van der Waals surface area contributed by atoms with Crippen molar-refractivity contribution in [2.45, 2.75) is 32.6 Å². The summed E-state index contributed by atoms with van der Waals surface area (Å²) in [6.45, 7) is 6.22. The topological polar surface area (TPSA) is 55.6 Å². The highest BCUT2D eigenvalue weighted by molar-refractivity contribution is 5.40. The van der Waals surface area contributed by atoms with E-state index in [1.165, 1.54) is 17.5 Å². The van der Waals surface area contributed by atoms with E-state index in [-0.39, 0.29) is 0 Å². The molecule has 0 spiro atoms. The molecule has 1 aliphatic heterocycles. The first-order valence-electron chi connectivity index (χ1n) is 6.82. The number of aromatic nitrogens is 4. The van der Waals surface area contributed by atoms with Crippen LogP contribution >= 0.6 is 0 Å². The molecule has 0 amide bonds. The summed E-state index contributed by atoms with van der Waals surface area (Å²) in [6, 6.07) is 6.27. The van der Waals surface area contributed by atoms with E-state index >= 15 is 0 Å². The summed E-state index contributed by atoms with van der Waals surface area (Å²) >= 11 is 0. The summed E-state index contributed by atoms with van der Waals surface area (Å²) in [5.74, 6) is 1.25. The zero-order valence-corrected chi connectivity index (χ0v) is 11.4. The minimum Gasteiger partial charge on any atom is -0.316 e. The lowest BCUT2D eigenvalue weighted by Crippen LogP contribution is -2.29. The molecular weight excluding hydrogens is 238 g/mol. The van der Waals surface area contributed by atoms with Gasteiger partial charge in [0.15, 0.2) is 5.82 Å². The van der Waals surface area contributed by atoms with E-state index in [0.29, 0.717) is 5.92 Å². The molecule has 0 saturated carbocycles. The number of rotatable bonds is 2. The van der Waals surface area contributed by atoms with Gasteiger partial charge in [-0.25, -0.2) is 0 Å². The third-order valence-electron chi connectivity index (χ3n) is 3.66. The van der Waals surface area contributed by atoms with E-state index in [2.05, 4.69) is 52.8 Å². The Balaban J connectivity index is 1.87. The maximum Gasteiger partial charge on any atom is 0.179 e. The van der Waals surface area contributed by atoms with Gasteiger partial charge < -0.3 is 5.32 Å². The van der Waals surface area contributed by atoms with Crippen molar-refractivity contribution in [1.29, 1.82) is 0 Å². The molecule has 1 aliphatic rings. The Morgan fingerprint density at radius 1 is 1.32 bits per heavy atom. The maximum absolute atomic E-state index is 4.55. The molecular formula is C14H19N5. The fourth-order valence-electron chi connectivity index (χ4n) is 2.59. The van der Waals surface area contributed by atoms with Gasteiger partial charge in [0.05, 0.1) is 5.69 Å². The number of tetrazole rings is 1. The van der Waals surface area contributed by atoms with Crippen LogP contribution in [-0.4, -0.2) is 33.3 Å². The maximum atomic E-state index is 4.55. The minimum absolute atomic E-state index is 0.397. The molecule has 1 aromatic heterocycles. The Hall–Kier alpha value is -1.75. The summed E-state index contributed by atoms with van der Waals surface area (Å²) in [5, 5.41) is 16.4. The lowest BCUT2D eigenvalue weighted by Gasteiger charge is -2.19. The van der Waals surface area contributed by atoms with Crippen LogP contribution in [0, 0.1) is 13.8 Å². The van der Waals surface area contributed by atoms with Gasteiger partial charge in [-0.1, -0.05) is 17.7 Å². The second-order valence-electron chi connectivity index (χ2n) is 5.27. The lowest BCUT2D eigenvalue weighted by atomic mass is 9.99. The van der Waals surface area contributed by atoms with E-state index in [9.17, 15) is 0 Å². The molecule has 19 heavy (non-hydrogen) atoms. The molecule has 1 aromatic carbocycles. The highest BCUT2D eigenvalue weighted by Gasteiger charge is 2.20. The van der Waals surface area contributed by atoms with Gasteiger partial charge in [0.1, 0.15) is 0 Å². The number of hydrogen-bond acceptors (Lipinski definition) is 4. The predicted octanol–water partition coefficient (Wildman–Crippen LogP) is 1.75. The van der Waals surface area contributed by atoms with Crippen molar-refractivity contribution >= 4 is 0 Å². The summed E-state index contributed by atoms with van der Waals surface area (Å²) in [4.78, 5) is 1.65. The van der Waals surface area contributed by atoms with E-state index in [4.69, 9.17) is 0 Å². The Labute approximate surface area is 113 Å². The van der Waals surface area contributed by atoms with Crippen molar-refractivity contribution in [3.8, 4) is 5.69 Å². The molecule has 1 N–H and O–H groups in total. The molecule has 5 heteroatoms. The Kier molecular flexibility index (Phi) is 3.29. The molecule has 1 atom stereocenters. The molecule has 2 aromatic rings. The fourth-order valence-corrected chi connectivity index (χ4v) is 2.59. The average molecular weight is 257 g/mol. The molecule has 5 nitrogen and oxygen atoms in total. The third kappa shape index (κ3) is 2.51. The quantitative estimate of drug-likeness (QED) is 0.890. The highest BCUT2D eigenvalue weighted by Crippen LogP contribution is 2.20. The fraction of sp³-hybridized carbons (Fsp3) is 0.500. The Bertz CT molecular complexity index is 569. The van der Waals surface area contributed by atoms with Gasteiger partial charge in [0.2, 0.25) is 0 Å². The van der Waals surface area contributed by atoms with Crippen LogP contribution < -0.4 is 5.32 Å². The summed E-state index contributed by atoms with van der Waals surface area (Å²) < 4.78 is 0. The first kappa shape index (κ1) is 12.3. The minimum atomic E-state index is 0.397. The molecule has 2 heterocycles. The normalized spacial score (nSPS) is 19.6. The number of nitrogens with one attached hydrogen (secondary N) is 1. The van der Waals surface area contributed by atoms with E-state index in [0.717, 1.165) is 31.0 Å². The molecule has 100 valence electrons. The lowest BCUT2D eigenvalue weighted by molar-refractivity contribution is 0.446.